The summed E-state index contributed by atoms with van der Waals surface area (Å²) in [5.74, 6) is 0. The normalized spacial score (nSPS) is 12.6. The van der Waals surface area contributed by atoms with Gasteiger partial charge < -0.3 is 5.11 Å². The van der Waals surface area contributed by atoms with Gasteiger partial charge in [-0.3, -0.25) is 0 Å². The van der Waals surface area contributed by atoms with Crippen molar-refractivity contribution in [2.24, 2.45) is 0 Å². The van der Waals surface area contributed by atoms with Crippen molar-refractivity contribution in [2.75, 3.05) is 0 Å². The summed E-state index contributed by atoms with van der Waals surface area (Å²) in [6, 6.07) is 7.61. The molecule has 0 bridgehead atoms. The highest BCUT2D eigenvalue weighted by atomic mass is 79.9. The van der Waals surface area contributed by atoms with E-state index in [9.17, 15) is 5.11 Å². The molecule has 0 fully saturated rings. The number of aromatic nitrogens is 3. The SMILES string of the molecule is CCCn1nncc1C(O)c1cccc(Br)c1. The van der Waals surface area contributed by atoms with Crippen LogP contribution in [0.4, 0.5) is 0 Å². The van der Waals surface area contributed by atoms with Gasteiger partial charge in [0.1, 0.15) is 6.10 Å². The Morgan fingerprint density at radius 3 is 3.00 bits per heavy atom. The van der Waals surface area contributed by atoms with Gasteiger partial charge in [-0.2, -0.15) is 0 Å². The van der Waals surface area contributed by atoms with Gasteiger partial charge in [-0.15, -0.1) is 5.10 Å². The van der Waals surface area contributed by atoms with Crippen LogP contribution in [0.5, 0.6) is 0 Å². The Labute approximate surface area is 108 Å². The maximum Gasteiger partial charge on any atom is 0.122 e. The maximum atomic E-state index is 10.3. The van der Waals surface area contributed by atoms with Crippen molar-refractivity contribution in [3.63, 3.8) is 0 Å². The predicted octanol–water partition coefficient (Wildman–Crippen LogP) is 2.53. The van der Waals surface area contributed by atoms with Crippen molar-refractivity contribution in [3.8, 4) is 0 Å². The monoisotopic (exact) mass is 295 g/mol. The smallest absolute Gasteiger partial charge is 0.122 e. The van der Waals surface area contributed by atoms with Crippen LogP contribution in [0, 0.1) is 0 Å². The topological polar surface area (TPSA) is 50.9 Å². The molecule has 0 amide bonds. The molecule has 0 saturated carbocycles. The van der Waals surface area contributed by atoms with Crippen LogP contribution in [-0.2, 0) is 6.54 Å². The number of aliphatic hydroxyl groups is 1. The Balaban J connectivity index is 2.30. The number of rotatable bonds is 4. The van der Waals surface area contributed by atoms with E-state index < -0.39 is 6.10 Å². The number of benzene rings is 1. The highest BCUT2D eigenvalue weighted by molar-refractivity contribution is 9.10. The summed E-state index contributed by atoms with van der Waals surface area (Å²) in [6.07, 6.45) is 1.89. The molecule has 1 unspecified atom stereocenters. The number of hydrogen-bond donors (Lipinski definition) is 1. The van der Waals surface area contributed by atoms with E-state index in [0.717, 1.165) is 28.7 Å². The van der Waals surface area contributed by atoms with Crippen LogP contribution in [0.2, 0.25) is 0 Å². The molecular formula is C12H14BrN3O. The summed E-state index contributed by atoms with van der Waals surface area (Å²) in [4.78, 5) is 0. The Morgan fingerprint density at radius 1 is 1.47 bits per heavy atom. The van der Waals surface area contributed by atoms with Crippen LogP contribution in [0.15, 0.2) is 34.9 Å². The van der Waals surface area contributed by atoms with E-state index in [0.29, 0.717) is 0 Å². The molecule has 1 heterocycles. The lowest BCUT2D eigenvalue weighted by atomic mass is 10.1. The molecular weight excluding hydrogens is 282 g/mol. The van der Waals surface area contributed by atoms with E-state index in [1.165, 1.54) is 0 Å². The van der Waals surface area contributed by atoms with Gasteiger partial charge in [0.05, 0.1) is 11.9 Å². The largest absolute Gasteiger partial charge is 0.382 e. The van der Waals surface area contributed by atoms with Gasteiger partial charge in [0.2, 0.25) is 0 Å². The fraction of sp³-hybridized carbons (Fsp3) is 0.333. The number of halogens is 1. The molecule has 1 aromatic carbocycles. The van der Waals surface area contributed by atoms with Crippen LogP contribution in [0.3, 0.4) is 0 Å². The zero-order valence-electron chi connectivity index (χ0n) is 9.55. The molecule has 0 aliphatic rings. The molecule has 17 heavy (non-hydrogen) atoms. The van der Waals surface area contributed by atoms with E-state index >= 15 is 0 Å². The first kappa shape index (κ1) is 12.3. The molecule has 1 N–H and O–H groups in total. The van der Waals surface area contributed by atoms with E-state index in [1.54, 1.807) is 10.9 Å². The lowest BCUT2D eigenvalue weighted by Crippen LogP contribution is -2.10. The minimum Gasteiger partial charge on any atom is -0.382 e. The van der Waals surface area contributed by atoms with Gasteiger partial charge in [-0.05, 0) is 24.1 Å². The molecule has 0 spiro atoms. The third-order valence-electron chi connectivity index (χ3n) is 2.53. The Hall–Kier alpha value is -1.20. The molecule has 90 valence electrons. The van der Waals surface area contributed by atoms with Gasteiger partial charge in [0, 0.05) is 11.0 Å². The van der Waals surface area contributed by atoms with Gasteiger partial charge in [-0.1, -0.05) is 40.2 Å². The first-order valence-corrected chi connectivity index (χ1v) is 6.33. The van der Waals surface area contributed by atoms with Gasteiger partial charge in [0.15, 0.2) is 0 Å². The second-order valence-electron chi connectivity index (χ2n) is 3.84. The fourth-order valence-corrected chi connectivity index (χ4v) is 2.13. The van der Waals surface area contributed by atoms with Crippen molar-refractivity contribution < 1.29 is 5.11 Å². The molecule has 0 saturated heterocycles. The summed E-state index contributed by atoms with van der Waals surface area (Å²) < 4.78 is 2.69. The second kappa shape index (κ2) is 5.42. The molecule has 2 aromatic rings. The van der Waals surface area contributed by atoms with E-state index in [-0.39, 0.29) is 0 Å². The summed E-state index contributed by atoms with van der Waals surface area (Å²) in [5.41, 5.74) is 1.56. The van der Waals surface area contributed by atoms with Crippen molar-refractivity contribution in [3.05, 3.63) is 46.2 Å². The molecule has 0 radical (unpaired) electrons. The molecule has 0 aliphatic carbocycles. The van der Waals surface area contributed by atoms with Crippen LogP contribution >= 0.6 is 15.9 Å². The zero-order valence-corrected chi connectivity index (χ0v) is 11.1. The second-order valence-corrected chi connectivity index (χ2v) is 4.76. The summed E-state index contributed by atoms with van der Waals surface area (Å²) in [5, 5.41) is 18.1. The van der Waals surface area contributed by atoms with Crippen molar-refractivity contribution in [1.29, 1.82) is 0 Å². The first-order chi connectivity index (χ1) is 8.22. The quantitative estimate of drug-likeness (QED) is 0.943. The lowest BCUT2D eigenvalue weighted by molar-refractivity contribution is 0.207. The third-order valence-corrected chi connectivity index (χ3v) is 3.02. The average molecular weight is 296 g/mol. The highest BCUT2D eigenvalue weighted by Crippen LogP contribution is 2.23. The number of nitrogens with zero attached hydrogens (tertiary/aromatic N) is 3. The van der Waals surface area contributed by atoms with Crippen molar-refractivity contribution >= 4 is 15.9 Å². The molecule has 0 aliphatic heterocycles. The third kappa shape index (κ3) is 2.73. The average Bonchev–Trinajstić information content (AvgIpc) is 2.77. The summed E-state index contributed by atoms with van der Waals surface area (Å²) >= 11 is 3.39. The van der Waals surface area contributed by atoms with Crippen molar-refractivity contribution in [1.82, 2.24) is 15.0 Å². The van der Waals surface area contributed by atoms with Crippen molar-refractivity contribution in [2.45, 2.75) is 26.0 Å². The Morgan fingerprint density at radius 2 is 2.29 bits per heavy atom. The van der Waals surface area contributed by atoms with Crippen LogP contribution in [0.1, 0.15) is 30.7 Å². The molecule has 4 nitrogen and oxygen atoms in total. The van der Waals surface area contributed by atoms with E-state index in [1.807, 2.05) is 24.3 Å². The number of aliphatic hydroxyl groups excluding tert-OH is 1. The van der Waals surface area contributed by atoms with Crippen LogP contribution < -0.4 is 0 Å². The first-order valence-electron chi connectivity index (χ1n) is 5.54. The predicted molar refractivity (Wildman–Crippen MR) is 68.5 cm³/mol. The van der Waals surface area contributed by atoms with Gasteiger partial charge >= 0.3 is 0 Å². The Kier molecular flexibility index (Phi) is 3.91. The molecule has 2 rings (SSSR count). The van der Waals surface area contributed by atoms with Crippen LogP contribution in [0.25, 0.3) is 0 Å². The van der Waals surface area contributed by atoms with Gasteiger partial charge in [-0.25, -0.2) is 4.68 Å². The zero-order chi connectivity index (χ0) is 12.3. The number of hydrogen-bond acceptors (Lipinski definition) is 3. The molecule has 1 aromatic heterocycles. The fourth-order valence-electron chi connectivity index (χ4n) is 1.71. The minimum absolute atomic E-state index is 0.686. The molecule has 5 heteroatoms. The lowest BCUT2D eigenvalue weighted by Gasteiger charge is -2.12. The number of aryl methyl sites for hydroxylation is 1. The molecule has 1 atom stereocenters. The Bertz CT molecular complexity index is 498. The summed E-state index contributed by atoms with van der Waals surface area (Å²) in [6.45, 7) is 2.83. The highest BCUT2D eigenvalue weighted by Gasteiger charge is 2.16. The van der Waals surface area contributed by atoms with Crippen LogP contribution in [-0.4, -0.2) is 20.1 Å². The van der Waals surface area contributed by atoms with Gasteiger partial charge in [0.25, 0.3) is 0 Å². The standard InChI is InChI=1S/C12H14BrN3O/c1-2-6-16-11(8-14-15-16)12(17)9-4-3-5-10(13)7-9/h3-5,7-8,12,17H,2,6H2,1H3. The van der Waals surface area contributed by atoms with E-state index in [2.05, 4.69) is 33.2 Å². The summed E-state index contributed by atoms with van der Waals surface area (Å²) in [7, 11) is 0. The minimum atomic E-state index is -0.686. The maximum absolute atomic E-state index is 10.3. The van der Waals surface area contributed by atoms with E-state index in [4.69, 9.17) is 0 Å².